The van der Waals surface area contributed by atoms with Gasteiger partial charge in [-0.1, -0.05) is 25.2 Å². The fraction of sp³-hybridized carbons (Fsp3) is 0.680. The van der Waals surface area contributed by atoms with Gasteiger partial charge in [-0.25, -0.2) is 0 Å². The second-order valence-corrected chi connectivity index (χ2v) is 9.15. The van der Waals surface area contributed by atoms with Crippen LogP contribution in [0.3, 0.4) is 0 Å². The highest BCUT2D eigenvalue weighted by Gasteiger charge is 2.42. The van der Waals surface area contributed by atoms with Gasteiger partial charge in [-0.05, 0) is 43.8 Å². The number of carbonyl (C=O) groups excluding carboxylic acids is 1. The van der Waals surface area contributed by atoms with Crippen LogP contribution in [0.25, 0.3) is 0 Å². The number of aliphatic imine (C=N–C) groups is 1. The van der Waals surface area contributed by atoms with Crippen molar-refractivity contribution in [1.29, 1.82) is 0 Å². The van der Waals surface area contributed by atoms with E-state index in [0.717, 1.165) is 96.8 Å². The summed E-state index contributed by atoms with van der Waals surface area (Å²) in [5.41, 5.74) is 2.45. The van der Waals surface area contributed by atoms with Crippen molar-refractivity contribution >= 4 is 12.1 Å². The number of allylic oxidation sites excluding steroid dienone is 3. The van der Waals surface area contributed by atoms with Gasteiger partial charge in [0.2, 0.25) is 5.91 Å². The standard InChI is InChI=1S/C25H38N4O2/c1-2-24(30)29(23-8-4-3-5-9-23)21-25(10-17-31-18-11-25)28-15-13-27(14-16-28)20-22-7-6-12-26-19-22/h4,7-9,19H,2-3,5-6,10-18,20-21H2,1H3. The molecule has 4 aliphatic rings. The first kappa shape index (κ1) is 22.4. The molecule has 0 spiro atoms. The Labute approximate surface area is 187 Å². The summed E-state index contributed by atoms with van der Waals surface area (Å²) in [4.78, 5) is 24.7. The van der Waals surface area contributed by atoms with Gasteiger partial charge in [-0.2, -0.15) is 0 Å². The van der Waals surface area contributed by atoms with Gasteiger partial charge in [0.1, 0.15) is 0 Å². The molecule has 1 aliphatic carbocycles. The Morgan fingerprint density at radius 2 is 1.94 bits per heavy atom. The highest BCUT2D eigenvalue weighted by molar-refractivity contribution is 5.80. The molecule has 0 radical (unpaired) electrons. The lowest BCUT2D eigenvalue weighted by Crippen LogP contribution is -2.63. The Morgan fingerprint density at radius 1 is 1.13 bits per heavy atom. The van der Waals surface area contributed by atoms with Crippen LogP contribution in [0, 0.1) is 0 Å². The minimum absolute atomic E-state index is 0.00681. The molecule has 2 fully saturated rings. The SMILES string of the molecule is CCC(=O)N(CC1(N2CCN(CC3=CCCN=C3)CC2)CCOCC1)C1=CCCC=C1. The highest BCUT2D eigenvalue weighted by Crippen LogP contribution is 2.32. The fourth-order valence-electron chi connectivity index (χ4n) is 5.24. The molecule has 2 saturated heterocycles. The van der Waals surface area contributed by atoms with E-state index in [-0.39, 0.29) is 11.4 Å². The normalized spacial score (nSPS) is 24.5. The van der Waals surface area contributed by atoms with Crippen molar-refractivity contribution in [2.75, 3.05) is 59.0 Å². The van der Waals surface area contributed by atoms with Crippen LogP contribution in [0.1, 0.15) is 45.4 Å². The van der Waals surface area contributed by atoms with E-state index in [0.29, 0.717) is 6.42 Å². The van der Waals surface area contributed by atoms with Gasteiger partial charge in [0.15, 0.2) is 0 Å². The largest absolute Gasteiger partial charge is 0.381 e. The van der Waals surface area contributed by atoms with Crippen LogP contribution in [0.2, 0.25) is 0 Å². The molecule has 3 heterocycles. The lowest BCUT2D eigenvalue weighted by atomic mass is 9.86. The summed E-state index contributed by atoms with van der Waals surface area (Å²) in [6.45, 7) is 10.5. The molecule has 0 aromatic rings. The summed E-state index contributed by atoms with van der Waals surface area (Å²) in [7, 11) is 0. The number of ether oxygens (including phenoxy) is 1. The number of piperazine rings is 1. The van der Waals surface area contributed by atoms with Crippen LogP contribution in [-0.4, -0.2) is 91.4 Å². The van der Waals surface area contributed by atoms with Crippen LogP contribution in [0.15, 0.2) is 40.6 Å². The fourth-order valence-corrected chi connectivity index (χ4v) is 5.24. The van der Waals surface area contributed by atoms with Gasteiger partial charge in [0, 0.05) is 82.9 Å². The summed E-state index contributed by atoms with van der Waals surface area (Å²) < 4.78 is 5.76. The Morgan fingerprint density at radius 3 is 2.58 bits per heavy atom. The van der Waals surface area contributed by atoms with E-state index in [9.17, 15) is 4.79 Å². The lowest BCUT2D eigenvalue weighted by molar-refractivity contribution is -0.132. The number of hydrogen-bond acceptors (Lipinski definition) is 5. The summed E-state index contributed by atoms with van der Waals surface area (Å²) in [5, 5.41) is 0. The molecule has 0 aromatic carbocycles. The van der Waals surface area contributed by atoms with E-state index in [1.807, 2.05) is 6.92 Å². The maximum Gasteiger partial charge on any atom is 0.226 e. The molecule has 0 N–H and O–H groups in total. The molecule has 0 saturated carbocycles. The maximum absolute atomic E-state index is 13.0. The van der Waals surface area contributed by atoms with E-state index < -0.39 is 0 Å². The molecule has 6 nitrogen and oxygen atoms in total. The van der Waals surface area contributed by atoms with Crippen LogP contribution >= 0.6 is 0 Å². The predicted molar refractivity (Wildman–Crippen MR) is 125 cm³/mol. The van der Waals surface area contributed by atoms with Crippen molar-refractivity contribution < 1.29 is 9.53 Å². The Balaban J connectivity index is 1.45. The minimum Gasteiger partial charge on any atom is -0.381 e. The summed E-state index contributed by atoms with van der Waals surface area (Å²) in [5.74, 6) is 0.228. The summed E-state index contributed by atoms with van der Waals surface area (Å²) in [6.07, 6.45) is 16.7. The molecule has 170 valence electrons. The van der Waals surface area contributed by atoms with Crippen LogP contribution in [-0.2, 0) is 9.53 Å². The first-order valence-corrected chi connectivity index (χ1v) is 12.1. The third-order valence-electron chi connectivity index (χ3n) is 7.14. The predicted octanol–water partition coefficient (Wildman–Crippen LogP) is 3.03. The Kier molecular flexibility index (Phi) is 7.75. The van der Waals surface area contributed by atoms with E-state index >= 15 is 0 Å². The van der Waals surface area contributed by atoms with Gasteiger partial charge in [-0.15, -0.1) is 0 Å². The molecule has 0 bridgehead atoms. The first-order chi connectivity index (χ1) is 15.2. The summed E-state index contributed by atoms with van der Waals surface area (Å²) in [6, 6.07) is 0. The monoisotopic (exact) mass is 426 g/mol. The zero-order valence-corrected chi connectivity index (χ0v) is 19.1. The van der Waals surface area contributed by atoms with Gasteiger partial charge < -0.3 is 9.64 Å². The molecule has 0 unspecified atom stereocenters. The van der Waals surface area contributed by atoms with Gasteiger partial charge in [-0.3, -0.25) is 19.6 Å². The zero-order valence-electron chi connectivity index (χ0n) is 19.1. The number of nitrogens with zero attached hydrogens (tertiary/aromatic N) is 4. The molecule has 3 aliphatic heterocycles. The van der Waals surface area contributed by atoms with E-state index in [1.165, 1.54) is 5.57 Å². The molecule has 6 heteroatoms. The van der Waals surface area contributed by atoms with E-state index in [1.54, 1.807) is 0 Å². The minimum atomic E-state index is 0.00681. The van der Waals surface area contributed by atoms with Crippen molar-refractivity contribution in [2.45, 2.75) is 51.0 Å². The van der Waals surface area contributed by atoms with Crippen molar-refractivity contribution in [3.63, 3.8) is 0 Å². The van der Waals surface area contributed by atoms with Gasteiger partial charge in [0.05, 0.1) is 0 Å². The Bertz CT molecular complexity index is 741. The first-order valence-electron chi connectivity index (χ1n) is 12.1. The van der Waals surface area contributed by atoms with Crippen LogP contribution < -0.4 is 0 Å². The maximum atomic E-state index is 13.0. The Hall–Kier alpha value is -1.76. The van der Waals surface area contributed by atoms with Crippen LogP contribution in [0.5, 0.6) is 0 Å². The second kappa shape index (κ2) is 10.7. The zero-order chi connectivity index (χ0) is 21.5. The number of carbonyl (C=O) groups is 1. The molecule has 0 aromatic heterocycles. The molecule has 4 rings (SSSR count). The smallest absolute Gasteiger partial charge is 0.226 e. The van der Waals surface area contributed by atoms with Gasteiger partial charge >= 0.3 is 0 Å². The number of dihydropyridines is 1. The highest BCUT2D eigenvalue weighted by atomic mass is 16.5. The molecule has 31 heavy (non-hydrogen) atoms. The third kappa shape index (κ3) is 5.54. The number of amides is 1. The quantitative estimate of drug-likeness (QED) is 0.628. The van der Waals surface area contributed by atoms with E-state index in [2.05, 4.69) is 50.2 Å². The van der Waals surface area contributed by atoms with Crippen molar-refractivity contribution in [3.8, 4) is 0 Å². The molecular weight excluding hydrogens is 388 g/mol. The van der Waals surface area contributed by atoms with E-state index in [4.69, 9.17) is 4.74 Å². The summed E-state index contributed by atoms with van der Waals surface area (Å²) >= 11 is 0. The molecule has 1 amide bonds. The topological polar surface area (TPSA) is 48.4 Å². The molecular formula is C25H38N4O2. The number of hydrogen-bond donors (Lipinski definition) is 0. The molecule has 0 atom stereocenters. The van der Waals surface area contributed by atoms with Crippen molar-refractivity contribution in [1.82, 2.24) is 14.7 Å². The second-order valence-electron chi connectivity index (χ2n) is 9.15. The average Bonchev–Trinajstić information content (AvgIpc) is 2.84. The number of rotatable bonds is 7. The van der Waals surface area contributed by atoms with Crippen LogP contribution in [0.4, 0.5) is 0 Å². The van der Waals surface area contributed by atoms with Crippen molar-refractivity contribution in [3.05, 3.63) is 35.6 Å². The lowest BCUT2D eigenvalue weighted by Gasteiger charge is -2.51. The average molecular weight is 427 g/mol. The van der Waals surface area contributed by atoms with Gasteiger partial charge in [0.25, 0.3) is 0 Å². The third-order valence-corrected chi connectivity index (χ3v) is 7.14. The van der Waals surface area contributed by atoms with Crippen molar-refractivity contribution in [2.24, 2.45) is 4.99 Å².